The molecule has 0 saturated carbocycles. The fourth-order valence-corrected chi connectivity index (χ4v) is 1.26. The highest BCUT2D eigenvalue weighted by Crippen LogP contribution is 1.99. The van der Waals surface area contributed by atoms with Gasteiger partial charge in [0.1, 0.15) is 24.7 Å². The molecule has 0 amide bonds. The van der Waals surface area contributed by atoms with Crippen LogP contribution in [0.25, 0.3) is 0 Å². The van der Waals surface area contributed by atoms with Crippen LogP contribution in [-0.4, -0.2) is 30.7 Å². The number of ether oxygens (including phenoxy) is 1. The fourth-order valence-electron chi connectivity index (χ4n) is 1.26. The van der Waals surface area contributed by atoms with Crippen LogP contribution in [0.15, 0.2) is 18.5 Å². The predicted octanol–water partition coefficient (Wildman–Crippen LogP) is -0.663. The highest BCUT2D eigenvalue weighted by Gasteiger charge is 2.07. The third-order valence-electron chi connectivity index (χ3n) is 1.98. The van der Waals surface area contributed by atoms with Crippen molar-refractivity contribution in [1.29, 1.82) is 0 Å². The second kappa shape index (κ2) is 4.64. The molecule has 0 spiro atoms. The van der Waals surface area contributed by atoms with Gasteiger partial charge in [0.15, 0.2) is 0 Å². The maximum absolute atomic E-state index is 11.4. The molecule has 0 radical (unpaired) electrons. The molecule has 0 aliphatic carbocycles. The number of rotatable bonds is 4. The van der Waals surface area contributed by atoms with Crippen LogP contribution in [0.1, 0.15) is 5.69 Å². The number of carbonyl (C=O) groups is 1. The lowest BCUT2D eigenvalue weighted by Gasteiger charge is -2.02. The van der Waals surface area contributed by atoms with Gasteiger partial charge >= 0.3 is 5.97 Å². The minimum atomic E-state index is -0.404. The Morgan fingerprint density at radius 3 is 3.00 bits per heavy atom. The zero-order chi connectivity index (χ0) is 12.3. The van der Waals surface area contributed by atoms with E-state index in [-0.39, 0.29) is 13.2 Å². The normalized spacial score (nSPS) is 10.4. The summed E-state index contributed by atoms with van der Waals surface area (Å²) in [6.45, 7) is 0.126. The van der Waals surface area contributed by atoms with Crippen LogP contribution in [0, 0.1) is 0 Å². The molecule has 0 saturated heterocycles. The van der Waals surface area contributed by atoms with Gasteiger partial charge in [0, 0.05) is 13.2 Å². The van der Waals surface area contributed by atoms with Crippen LogP contribution in [0.2, 0.25) is 0 Å². The summed E-state index contributed by atoms with van der Waals surface area (Å²) in [6.07, 6.45) is 3.29. The van der Waals surface area contributed by atoms with Crippen molar-refractivity contribution in [2.45, 2.75) is 13.2 Å². The van der Waals surface area contributed by atoms with Crippen molar-refractivity contribution < 1.29 is 9.53 Å². The Kier molecular flexibility index (Phi) is 3.03. The smallest absolute Gasteiger partial charge is 0.328 e. The summed E-state index contributed by atoms with van der Waals surface area (Å²) < 4.78 is 7.95. The molecule has 0 aromatic carbocycles. The van der Waals surface area contributed by atoms with Crippen LogP contribution >= 0.6 is 0 Å². The number of aromatic nitrogens is 5. The van der Waals surface area contributed by atoms with Gasteiger partial charge in [0.2, 0.25) is 0 Å². The number of aryl methyl sites for hydroxylation is 1. The van der Waals surface area contributed by atoms with Gasteiger partial charge in [-0.1, -0.05) is 5.21 Å². The van der Waals surface area contributed by atoms with Crippen molar-refractivity contribution in [3.63, 3.8) is 0 Å². The molecule has 2 aromatic rings. The number of anilines is 1. The van der Waals surface area contributed by atoms with Gasteiger partial charge in [-0.25, -0.2) is 0 Å². The Balaban J connectivity index is 1.82. The van der Waals surface area contributed by atoms with Gasteiger partial charge in [-0.2, -0.15) is 5.10 Å². The average molecular weight is 236 g/mol. The highest BCUT2D eigenvalue weighted by molar-refractivity contribution is 5.69. The number of hydrogen-bond acceptors (Lipinski definition) is 6. The van der Waals surface area contributed by atoms with E-state index in [9.17, 15) is 4.79 Å². The summed E-state index contributed by atoms with van der Waals surface area (Å²) in [5.41, 5.74) is 6.02. The summed E-state index contributed by atoms with van der Waals surface area (Å²) in [4.78, 5) is 11.4. The van der Waals surface area contributed by atoms with Crippen molar-refractivity contribution in [3.8, 4) is 0 Å². The van der Waals surface area contributed by atoms with E-state index < -0.39 is 5.97 Å². The van der Waals surface area contributed by atoms with Gasteiger partial charge in [-0.3, -0.25) is 14.2 Å². The number of esters is 1. The summed E-state index contributed by atoms with van der Waals surface area (Å²) in [5.74, 6) is -0.0366. The van der Waals surface area contributed by atoms with E-state index in [4.69, 9.17) is 10.5 Å². The number of nitrogen functional groups attached to an aromatic ring is 1. The molecule has 0 atom stereocenters. The monoisotopic (exact) mass is 236 g/mol. The van der Waals surface area contributed by atoms with E-state index in [1.54, 1.807) is 25.5 Å². The van der Waals surface area contributed by atoms with E-state index in [0.717, 1.165) is 0 Å². The van der Waals surface area contributed by atoms with Crippen molar-refractivity contribution in [3.05, 3.63) is 24.2 Å². The standard InChI is InChI=1S/C9H12N6O2/c1-14-4-7(11-13-14)6-17-9(16)5-15-3-2-8(10)12-15/h2-4H,5-6H2,1H3,(H2,10,12). The quantitative estimate of drug-likeness (QED) is 0.707. The lowest BCUT2D eigenvalue weighted by atomic mass is 10.5. The second-order valence-corrected chi connectivity index (χ2v) is 3.48. The molecule has 0 unspecified atom stereocenters. The van der Waals surface area contributed by atoms with Crippen LogP contribution in [-0.2, 0) is 29.7 Å². The van der Waals surface area contributed by atoms with E-state index in [1.165, 1.54) is 9.36 Å². The van der Waals surface area contributed by atoms with Crippen LogP contribution < -0.4 is 5.73 Å². The van der Waals surface area contributed by atoms with Crippen molar-refractivity contribution in [1.82, 2.24) is 24.8 Å². The van der Waals surface area contributed by atoms with Crippen LogP contribution in [0.5, 0.6) is 0 Å². The predicted molar refractivity (Wildman–Crippen MR) is 57.4 cm³/mol. The molecular weight excluding hydrogens is 224 g/mol. The van der Waals surface area contributed by atoms with Gasteiger partial charge in [-0.05, 0) is 6.07 Å². The van der Waals surface area contributed by atoms with Crippen molar-refractivity contribution in [2.75, 3.05) is 5.73 Å². The summed E-state index contributed by atoms with van der Waals surface area (Å²) >= 11 is 0. The van der Waals surface area contributed by atoms with E-state index in [1.807, 2.05) is 0 Å². The molecule has 8 nitrogen and oxygen atoms in total. The Morgan fingerprint density at radius 2 is 2.41 bits per heavy atom. The third-order valence-corrected chi connectivity index (χ3v) is 1.98. The topological polar surface area (TPSA) is 101 Å². The number of nitrogens with two attached hydrogens (primary N) is 1. The zero-order valence-corrected chi connectivity index (χ0v) is 9.28. The molecular formula is C9H12N6O2. The lowest BCUT2D eigenvalue weighted by Crippen LogP contribution is -2.14. The summed E-state index contributed by atoms with van der Waals surface area (Å²) in [7, 11) is 1.74. The van der Waals surface area contributed by atoms with Gasteiger partial charge in [0.25, 0.3) is 0 Å². The minimum absolute atomic E-state index is 0.0253. The average Bonchev–Trinajstić information content (AvgIpc) is 2.85. The van der Waals surface area contributed by atoms with E-state index in [2.05, 4.69) is 15.4 Å². The molecule has 2 rings (SSSR count). The molecule has 2 aromatic heterocycles. The first-order valence-electron chi connectivity index (χ1n) is 4.93. The van der Waals surface area contributed by atoms with Crippen molar-refractivity contribution in [2.24, 2.45) is 7.05 Å². The van der Waals surface area contributed by atoms with Crippen LogP contribution in [0.3, 0.4) is 0 Å². The maximum Gasteiger partial charge on any atom is 0.328 e. The summed E-state index contributed by atoms with van der Waals surface area (Å²) in [6, 6.07) is 1.61. The maximum atomic E-state index is 11.4. The zero-order valence-electron chi connectivity index (χ0n) is 9.28. The Labute approximate surface area is 97.0 Å². The molecule has 2 N–H and O–H groups in total. The molecule has 2 heterocycles. The molecule has 0 bridgehead atoms. The molecule has 17 heavy (non-hydrogen) atoms. The summed E-state index contributed by atoms with van der Waals surface area (Å²) in [5, 5.41) is 11.4. The molecule has 90 valence electrons. The third kappa shape index (κ3) is 3.03. The van der Waals surface area contributed by atoms with Crippen molar-refractivity contribution >= 4 is 11.8 Å². The Hall–Kier alpha value is -2.38. The second-order valence-electron chi connectivity index (χ2n) is 3.48. The first kappa shape index (κ1) is 11.1. The Morgan fingerprint density at radius 1 is 1.59 bits per heavy atom. The molecule has 0 fully saturated rings. The first-order valence-corrected chi connectivity index (χ1v) is 4.93. The van der Waals surface area contributed by atoms with Crippen LogP contribution in [0.4, 0.5) is 5.82 Å². The lowest BCUT2D eigenvalue weighted by molar-refractivity contribution is -0.146. The highest BCUT2D eigenvalue weighted by atomic mass is 16.5. The first-order chi connectivity index (χ1) is 8.13. The molecule has 0 aliphatic heterocycles. The SMILES string of the molecule is Cn1cc(COC(=O)Cn2ccc(N)n2)nn1. The number of hydrogen-bond donors (Lipinski definition) is 1. The van der Waals surface area contributed by atoms with Gasteiger partial charge < -0.3 is 10.5 Å². The number of nitrogens with zero attached hydrogens (tertiary/aromatic N) is 5. The molecule has 0 aliphatic rings. The minimum Gasteiger partial charge on any atom is -0.458 e. The Bertz CT molecular complexity index is 517. The van der Waals surface area contributed by atoms with E-state index in [0.29, 0.717) is 11.5 Å². The largest absolute Gasteiger partial charge is 0.458 e. The molecule has 8 heteroatoms. The van der Waals surface area contributed by atoms with Gasteiger partial charge in [-0.15, -0.1) is 5.10 Å². The van der Waals surface area contributed by atoms with E-state index >= 15 is 0 Å². The fraction of sp³-hybridized carbons (Fsp3) is 0.333. The van der Waals surface area contributed by atoms with Gasteiger partial charge in [0.05, 0.1) is 6.20 Å². The number of carbonyl (C=O) groups excluding carboxylic acids is 1.